The molecule has 17 heavy (non-hydrogen) atoms. The summed E-state index contributed by atoms with van der Waals surface area (Å²) in [5.41, 5.74) is 5.60. The second-order valence-electron chi connectivity index (χ2n) is 3.43. The van der Waals surface area contributed by atoms with Crippen molar-refractivity contribution in [2.75, 3.05) is 18.4 Å². The summed E-state index contributed by atoms with van der Waals surface area (Å²) in [6, 6.07) is -0.545. The van der Waals surface area contributed by atoms with Gasteiger partial charge in [-0.2, -0.15) is 0 Å². The lowest BCUT2D eigenvalue weighted by atomic mass is 10.5. The fourth-order valence-corrected chi connectivity index (χ4v) is 1.43. The van der Waals surface area contributed by atoms with Gasteiger partial charge in [-0.25, -0.2) is 9.78 Å². The summed E-state index contributed by atoms with van der Waals surface area (Å²) in [6.45, 7) is 2.80. The number of carbonyl (C=O) groups is 1. The van der Waals surface area contributed by atoms with Gasteiger partial charge in [-0.3, -0.25) is 4.40 Å². The molecule has 0 unspecified atom stereocenters. The van der Waals surface area contributed by atoms with Gasteiger partial charge in [-0.1, -0.05) is 0 Å². The highest BCUT2D eigenvalue weighted by atomic mass is 16.2. The highest BCUT2D eigenvalue weighted by Crippen LogP contribution is 2.10. The Labute approximate surface area is 97.2 Å². The van der Waals surface area contributed by atoms with Crippen molar-refractivity contribution in [3.63, 3.8) is 0 Å². The van der Waals surface area contributed by atoms with Crippen LogP contribution in [0.3, 0.4) is 0 Å². The van der Waals surface area contributed by atoms with Crippen LogP contribution in [-0.2, 0) is 0 Å². The van der Waals surface area contributed by atoms with Crippen LogP contribution < -0.4 is 16.4 Å². The molecule has 0 spiro atoms. The number of anilines is 1. The molecule has 2 aromatic heterocycles. The summed E-state index contributed by atoms with van der Waals surface area (Å²) >= 11 is 0. The molecular formula is C9H13N7O. The molecule has 4 N–H and O–H groups in total. The molecule has 8 heteroatoms. The first-order valence-corrected chi connectivity index (χ1v) is 5.12. The maximum absolute atomic E-state index is 10.5. The summed E-state index contributed by atoms with van der Waals surface area (Å²) in [5, 5.41) is 13.5. The van der Waals surface area contributed by atoms with Crippen LogP contribution in [0.25, 0.3) is 5.65 Å². The number of nitrogens with zero attached hydrogens (tertiary/aromatic N) is 4. The lowest BCUT2D eigenvalue weighted by Gasteiger charge is -2.06. The van der Waals surface area contributed by atoms with Crippen LogP contribution in [0.1, 0.15) is 5.82 Å². The lowest BCUT2D eigenvalue weighted by Crippen LogP contribution is -2.33. The largest absolute Gasteiger partial charge is 0.365 e. The summed E-state index contributed by atoms with van der Waals surface area (Å²) in [4.78, 5) is 14.6. The first-order valence-electron chi connectivity index (χ1n) is 5.12. The van der Waals surface area contributed by atoms with Crippen molar-refractivity contribution in [3.8, 4) is 0 Å². The van der Waals surface area contributed by atoms with Crippen molar-refractivity contribution in [1.82, 2.24) is 24.9 Å². The Hall–Kier alpha value is -2.38. The average Bonchev–Trinajstić information content (AvgIpc) is 2.67. The molecule has 0 saturated heterocycles. The maximum Gasteiger partial charge on any atom is 0.312 e. The molecule has 0 atom stereocenters. The number of hydrogen-bond donors (Lipinski definition) is 3. The first-order chi connectivity index (χ1) is 8.18. The Morgan fingerprint density at radius 1 is 1.47 bits per heavy atom. The number of carbonyl (C=O) groups excluding carboxylic acids is 1. The highest BCUT2D eigenvalue weighted by Gasteiger charge is 2.06. The van der Waals surface area contributed by atoms with Crippen molar-refractivity contribution in [2.45, 2.75) is 6.92 Å². The lowest BCUT2D eigenvalue weighted by molar-refractivity contribution is 0.249. The first kappa shape index (κ1) is 11.1. The predicted molar refractivity (Wildman–Crippen MR) is 61.6 cm³/mol. The van der Waals surface area contributed by atoms with Gasteiger partial charge in [-0.05, 0) is 6.92 Å². The minimum absolute atomic E-state index is 0.422. The van der Waals surface area contributed by atoms with Crippen molar-refractivity contribution in [1.29, 1.82) is 0 Å². The van der Waals surface area contributed by atoms with Crippen LogP contribution >= 0.6 is 0 Å². The summed E-state index contributed by atoms with van der Waals surface area (Å²) < 4.78 is 1.83. The summed E-state index contributed by atoms with van der Waals surface area (Å²) in [7, 11) is 0. The summed E-state index contributed by atoms with van der Waals surface area (Å²) in [5.74, 6) is 1.42. The van der Waals surface area contributed by atoms with Gasteiger partial charge >= 0.3 is 6.03 Å². The van der Waals surface area contributed by atoms with E-state index < -0.39 is 6.03 Å². The Bertz CT molecular complexity index is 535. The topological polar surface area (TPSA) is 110 Å². The minimum atomic E-state index is -0.545. The van der Waals surface area contributed by atoms with Crippen LogP contribution in [0.15, 0.2) is 12.4 Å². The van der Waals surface area contributed by atoms with Crippen LogP contribution in [0.5, 0.6) is 0 Å². The summed E-state index contributed by atoms with van der Waals surface area (Å²) in [6.07, 6.45) is 3.45. The fraction of sp³-hybridized carbons (Fsp3) is 0.333. The Morgan fingerprint density at radius 2 is 2.29 bits per heavy atom. The number of nitrogens with two attached hydrogens (primary N) is 1. The number of urea groups is 1. The van der Waals surface area contributed by atoms with Crippen LogP contribution in [0.2, 0.25) is 0 Å². The van der Waals surface area contributed by atoms with E-state index in [9.17, 15) is 4.79 Å². The van der Waals surface area contributed by atoms with E-state index >= 15 is 0 Å². The Balaban J connectivity index is 2.06. The molecule has 0 saturated carbocycles. The van der Waals surface area contributed by atoms with Crippen molar-refractivity contribution < 1.29 is 4.79 Å². The molecule has 2 rings (SSSR count). The van der Waals surface area contributed by atoms with E-state index in [1.54, 1.807) is 12.4 Å². The minimum Gasteiger partial charge on any atom is -0.365 e. The molecule has 90 valence electrons. The molecule has 0 aliphatic rings. The van der Waals surface area contributed by atoms with Crippen molar-refractivity contribution in [3.05, 3.63) is 18.2 Å². The van der Waals surface area contributed by atoms with E-state index in [1.807, 2.05) is 11.3 Å². The smallest absolute Gasteiger partial charge is 0.312 e. The SMILES string of the molecule is Cc1nnc2c(NCCNC(N)=O)nccn12. The van der Waals surface area contributed by atoms with Gasteiger partial charge in [0.2, 0.25) is 5.65 Å². The Morgan fingerprint density at radius 3 is 3.06 bits per heavy atom. The van der Waals surface area contributed by atoms with Gasteiger partial charge in [-0.15, -0.1) is 10.2 Å². The number of primary amides is 1. The highest BCUT2D eigenvalue weighted by molar-refractivity contribution is 5.71. The molecule has 0 radical (unpaired) electrons. The molecule has 0 bridgehead atoms. The van der Waals surface area contributed by atoms with Crippen molar-refractivity contribution >= 4 is 17.5 Å². The van der Waals surface area contributed by atoms with E-state index in [-0.39, 0.29) is 0 Å². The Kier molecular flexibility index (Phi) is 3.03. The van der Waals surface area contributed by atoms with E-state index in [2.05, 4.69) is 25.8 Å². The number of fused-ring (bicyclic) bond motifs is 1. The monoisotopic (exact) mass is 235 g/mol. The van der Waals surface area contributed by atoms with Gasteiger partial charge < -0.3 is 16.4 Å². The maximum atomic E-state index is 10.5. The number of amides is 2. The van der Waals surface area contributed by atoms with Crippen LogP contribution in [0.4, 0.5) is 10.6 Å². The standard InChI is InChI=1S/C9H13N7O/c1-6-14-15-8-7(12-4-5-16(6)8)11-2-3-13-9(10)17/h4-5H,2-3H2,1H3,(H,11,12)(H3,10,13,17). The number of aromatic nitrogens is 4. The zero-order valence-corrected chi connectivity index (χ0v) is 9.34. The third kappa shape index (κ3) is 2.41. The molecule has 2 heterocycles. The van der Waals surface area contributed by atoms with Gasteiger partial charge in [0.15, 0.2) is 5.82 Å². The van der Waals surface area contributed by atoms with Gasteiger partial charge in [0.05, 0.1) is 0 Å². The molecule has 0 aromatic carbocycles. The van der Waals surface area contributed by atoms with Gasteiger partial charge in [0.25, 0.3) is 0 Å². The van der Waals surface area contributed by atoms with Crippen molar-refractivity contribution in [2.24, 2.45) is 5.73 Å². The third-order valence-electron chi connectivity index (χ3n) is 2.21. The molecule has 0 fully saturated rings. The van der Waals surface area contributed by atoms with E-state index in [1.165, 1.54) is 0 Å². The molecule has 8 nitrogen and oxygen atoms in total. The van der Waals surface area contributed by atoms with E-state index in [0.717, 1.165) is 5.82 Å². The number of aryl methyl sites for hydroxylation is 1. The third-order valence-corrected chi connectivity index (χ3v) is 2.21. The van der Waals surface area contributed by atoms with Crippen LogP contribution in [-0.4, -0.2) is 38.7 Å². The fourth-order valence-electron chi connectivity index (χ4n) is 1.43. The molecule has 2 aromatic rings. The number of hydrogen-bond acceptors (Lipinski definition) is 5. The second-order valence-corrected chi connectivity index (χ2v) is 3.43. The zero-order valence-electron chi connectivity index (χ0n) is 9.34. The molecular weight excluding hydrogens is 222 g/mol. The van der Waals surface area contributed by atoms with E-state index in [0.29, 0.717) is 24.6 Å². The van der Waals surface area contributed by atoms with Crippen LogP contribution in [0, 0.1) is 6.92 Å². The quantitative estimate of drug-likeness (QED) is 0.619. The second kappa shape index (κ2) is 4.64. The number of rotatable bonds is 4. The molecule has 2 amide bonds. The number of nitrogens with one attached hydrogen (secondary N) is 2. The van der Waals surface area contributed by atoms with Gasteiger partial charge in [0, 0.05) is 25.5 Å². The zero-order chi connectivity index (χ0) is 12.3. The average molecular weight is 235 g/mol. The molecule has 0 aliphatic heterocycles. The molecule has 0 aliphatic carbocycles. The predicted octanol–water partition coefficient (Wildman–Crippen LogP) is -0.487. The van der Waals surface area contributed by atoms with E-state index in [4.69, 9.17) is 5.73 Å². The van der Waals surface area contributed by atoms with Gasteiger partial charge in [0.1, 0.15) is 5.82 Å². The normalized spacial score (nSPS) is 10.4.